The first-order valence-corrected chi connectivity index (χ1v) is 4.03. The fourth-order valence-electron chi connectivity index (χ4n) is 1.55. The van der Waals surface area contributed by atoms with E-state index >= 15 is 0 Å². The summed E-state index contributed by atoms with van der Waals surface area (Å²) in [5.41, 5.74) is 6.35. The molecule has 0 fully saturated rings. The maximum absolute atomic E-state index is 13.1. The first-order chi connectivity index (χ1) is 6.24. The number of nitrogens with one attached hydrogen (secondary N) is 1. The van der Waals surface area contributed by atoms with Crippen LogP contribution >= 0.6 is 0 Å². The molecule has 1 heterocycles. The number of carbonyl (C=O) groups excluding carboxylic acids is 1. The Morgan fingerprint density at radius 2 is 2.31 bits per heavy atom. The minimum atomic E-state index is -0.401. The molecule has 1 amide bonds. The highest BCUT2D eigenvalue weighted by Crippen LogP contribution is 2.33. The van der Waals surface area contributed by atoms with Crippen molar-refractivity contribution >= 4 is 11.6 Å². The third-order valence-corrected chi connectivity index (χ3v) is 2.22. The molecule has 13 heavy (non-hydrogen) atoms. The number of para-hydroxylation sites is 1. The Hall–Kier alpha value is -1.42. The Morgan fingerprint density at radius 1 is 1.54 bits per heavy atom. The number of benzene rings is 1. The summed E-state index contributed by atoms with van der Waals surface area (Å²) in [5.74, 6) is -1.02. The number of hydrogen-bond acceptors (Lipinski definition) is 2. The van der Waals surface area contributed by atoms with Gasteiger partial charge in [-0.15, -0.1) is 0 Å². The number of carbonyl (C=O) groups is 1. The summed E-state index contributed by atoms with van der Waals surface area (Å²) in [4.78, 5) is 11.3. The van der Waals surface area contributed by atoms with Gasteiger partial charge in [0.25, 0.3) is 0 Å². The largest absolute Gasteiger partial charge is 0.329 e. The van der Waals surface area contributed by atoms with Crippen LogP contribution in [0.25, 0.3) is 0 Å². The average molecular weight is 180 g/mol. The van der Waals surface area contributed by atoms with Crippen molar-refractivity contribution < 1.29 is 9.18 Å². The molecule has 1 atom stereocenters. The van der Waals surface area contributed by atoms with Gasteiger partial charge < -0.3 is 11.1 Å². The molecule has 68 valence electrons. The zero-order valence-corrected chi connectivity index (χ0v) is 6.88. The van der Waals surface area contributed by atoms with Crippen LogP contribution in [0, 0.1) is 5.82 Å². The second-order valence-corrected chi connectivity index (χ2v) is 2.98. The second-order valence-electron chi connectivity index (χ2n) is 2.98. The lowest BCUT2D eigenvalue weighted by Gasteiger charge is -2.03. The molecule has 0 bridgehead atoms. The average Bonchev–Trinajstić information content (AvgIpc) is 2.43. The second kappa shape index (κ2) is 2.81. The molecule has 1 aromatic carbocycles. The molecule has 1 aromatic rings. The molecular weight excluding hydrogens is 171 g/mol. The summed E-state index contributed by atoms with van der Waals surface area (Å²) >= 11 is 0. The van der Waals surface area contributed by atoms with Crippen molar-refractivity contribution in [3.63, 3.8) is 0 Å². The van der Waals surface area contributed by atoms with E-state index in [0.29, 0.717) is 5.56 Å². The van der Waals surface area contributed by atoms with Crippen LogP contribution in [0.2, 0.25) is 0 Å². The lowest BCUT2D eigenvalue weighted by atomic mass is 10.0. The Morgan fingerprint density at radius 3 is 3.00 bits per heavy atom. The summed E-state index contributed by atoms with van der Waals surface area (Å²) in [6.07, 6.45) is 0. The van der Waals surface area contributed by atoms with Gasteiger partial charge >= 0.3 is 0 Å². The number of amides is 1. The maximum atomic E-state index is 13.1. The van der Waals surface area contributed by atoms with Crippen LogP contribution in [-0.4, -0.2) is 12.5 Å². The smallest absolute Gasteiger partial charge is 0.233 e. The van der Waals surface area contributed by atoms with Crippen LogP contribution in [-0.2, 0) is 4.79 Å². The number of fused-ring (bicyclic) bond motifs is 1. The molecule has 1 unspecified atom stereocenters. The van der Waals surface area contributed by atoms with Gasteiger partial charge in [0, 0.05) is 6.54 Å². The summed E-state index contributed by atoms with van der Waals surface area (Å²) in [5, 5.41) is 2.47. The van der Waals surface area contributed by atoms with Crippen molar-refractivity contribution in [2.75, 3.05) is 11.9 Å². The molecule has 1 aliphatic heterocycles. The monoisotopic (exact) mass is 180 g/mol. The van der Waals surface area contributed by atoms with E-state index in [0.717, 1.165) is 0 Å². The third-order valence-electron chi connectivity index (χ3n) is 2.22. The lowest BCUT2D eigenvalue weighted by Crippen LogP contribution is -2.20. The first kappa shape index (κ1) is 8.19. The van der Waals surface area contributed by atoms with Gasteiger partial charge in [-0.2, -0.15) is 0 Å². The minimum absolute atomic E-state index is 0.211. The van der Waals surface area contributed by atoms with E-state index in [4.69, 9.17) is 5.73 Å². The zero-order valence-electron chi connectivity index (χ0n) is 6.88. The molecule has 0 radical (unpaired) electrons. The van der Waals surface area contributed by atoms with Crippen molar-refractivity contribution in [1.82, 2.24) is 0 Å². The van der Waals surface area contributed by atoms with Crippen LogP contribution in [0.5, 0.6) is 0 Å². The Balaban J connectivity index is 2.54. The van der Waals surface area contributed by atoms with E-state index in [2.05, 4.69) is 5.32 Å². The van der Waals surface area contributed by atoms with Crippen LogP contribution in [0.3, 0.4) is 0 Å². The minimum Gasteiger partial charge on any atom is -0.329 e. The number of rotatable bonds is 1. The lowest BCUT2D eigenvalue weighted by molar-refractivity contribution is -0.116. The number of halogens is 1. The van der Waals surface area contributed by atoms with Gasteiger partial charge in [0.1, 0.15) is 5.82 Å². The number of hydrogen-bond donors (Lipinski definition) is 2. The summed E-state index contributed by atoms with van der Waals surface area (Å²) < 4.78 is 13.1. The number of anilines is 1. The highest BCUT2D eigenvalue weighted by atomic mass is 19.1. The quantitative estimate of drug-likeness (QED) is 0.672. The maximum Gasteiger partial charge on any atom is 0.233 e. The van der Waals surface area contributed by atoms with Gasteiger partial charge in [0.15, 0.2) is 0 Å². The van der Waals surface area contributed by atoms with E-state index in [-0.39, 0.29) is 18.1 Å². The van der Waals surface area contributed by atoms with E-state index < -0.39 is 11.7 Å². The van der Waals surface area contributed by atoms with Crippen LogP contribution in [0.15, 0.2) is 18.2 Å². The van der Waals surface area contributed by atoms with Crippen molar-refractivity contribution in [1.29, 1.82) is 0 Å². The van der Waals surface area contributed by atoms with Crippen LogP contribution in [0.4, 0.5) is 10.1 Å². The molecule has 0 spiro atoms. The molecule has 1 aliphatic rings. The van der Waals surface area contributed by atoms with Crippen LogP contribution < -0.4 is 11.1 Å². The van der Waals surface area contributed by atoms with Gasteiger partial charge in [0.05, 0.1) is 11.6 Å². The molecule has 3 N–H and O–H groups in total. The fourth-order valence-corrected chi connectivity index (χ4v) is 1.55. The van der Waals surface area contributed by atoms with E-state index in [1.807, 2.05) is 0 Å². The molecular formula is C9H9FN2O. The Labute approximate surface area is 74.7 Å². The topological polar surface area (TPSA) is 55.1 Å². The fraction of sp³-hybridized carbons (Fsp3) is 0.222. The van der Waals surface area contributed by atoms with Crippen LogP contribution in [0.1, 0.15) is 11.5 Å². The Kier molecular flexibility index (Phi) is 1.77. The Bertz CT molecular complexity index is 365. The normalized spacial score (nSPS) is 19.8. The predicted molar refractivity (Wildman–Crippen MR) is 46.8 cm³/mol. The molecule has 0 saturated heterocycles. The molecule has 0 aliphatic carbocycles. The SMILES string of the molecule is NCC1C(=O)Nc2c(F)cccc21. The highest BCUT2D eigenvalue weighted by molar-refractivity contribution is 6.03. The third kappa shape index (κ3) is 1.10. The van der Waals surface area contributed by atoms with E-state index in [9.17, 15) is 9.18 Å². The molecule has 2 rings (SSSR count). The molecule has 0 saturated carbocycles. The van der Waals surface area contributed by atoms with Gasteiger partial charge in [-0.1, -0.05) is 12.1 Å². The summed E-state index contributed by atoms with van der Waals surface area (Å²) in [6.45, 7) is 0.211. The molecule has 0 aromatic heterocycles. The van der Waals surface area contributed by atoms with Gasteiger partial charge in [-0.3, -0.25) is 4.79 Å². The molecule has 3 nitrogen and oxygen atoms in total. The first-order valence-electron chi connectivity index (χ1n) is 4.03. The number of nitrogens with two attached hydrogens (primary N) is 1. The van der Waals surface area contributed by atoms with E-state index in [1.165, 1.54) is 6.07 Å². The zero-order chi connectivity index (χ0) is 9.42. The molecule has 4 heteroatoms. The van der Waals surface area contributed by atoms with Gasteiger partial charge in [0.2, 0.25) is 5.91 Å². The van der Waals surface area contributed by atoms with Gasteiger partial charge in [-0.05, 0) is 11.6 Å². The van der Waals surface area contributed by atoms with E-state index in [1.54, 1.807) is 12.1 Å². The van der Waals surface area contributed by atoms with Crippen molar-refractivity contribution in [3.05, 3.63) is 29.6 Å². The van der Waals surface area contributed by atoms with Gasteiger partial charge in [-0.25, -0.2) is 4.39 Å². The summed E-state index contributed by atoms with van der Waals surface area (Å²) in [6, 6.07) is 4.61. The van der Waals surface area contributed by atoms with Crippen molar-refractivity contribution in [2.45, 2.75) is 5.92 Å². The standard InChI is InChI=1S/C9H9FN2O/c10-7-3-1-2-5-6(4-11)9(13)12-8(5)7/h1-3,6H,4,11H2,(H,12,13). The summed E-state index contributed by atoms with van der Waals surface area (Å²) in [7, 11) is 0. The predicted octanol–water partition coefficient (Wildman–Crippen LogP) is 0.820. The van der Waals surface area contributed by atoms with Crippen molar-refractivity contribution in [3.8, 4) is 0 Å². The van der Waals surface area contributed by atoms with Crippen molar-refractivity contribution in [2.24, 2.45) is 5.73 Å². The highest BCUT2D eigenvalue weighted by Gasteiger charge is 2.30.